The lowest BCUT2D eigenvalue weighted by Gasteiger charge is -2.33. The standard InChI is InChI=1S/C16H24N4/c1-2-5-14(6-3-1)13-19-15-7-11-20(12-8-15)16-17-9-4-10-18-16/h1-2,4,9-10,14-15,19H,3,5-8,11-13H2. The molecule has 20 heavy (non-hydrogen) atoms. The van der Waals surface area contributed by atoms with E-state index < -0.39 is 0 Å². The number of piperidine rings is 1. The van der Waals surface area contributed by atoms with Gasteiger partial charge in [-0.15, -0.1) is 0 Å². The average molecular weight is 272 g/mol. The lowest BCUT2D eigenvalue weighted by molar-refractivity contribution is 0.360. The molecule has 2 aliphatic rings. The van der Waals surface area contributed by atoms with Crippen LogP contribution in [0.2, 0.25) is 0 Å². The van der Waals surface area contributed by atoms with Gasteiger partial charge in [0.1, 0.15) is 0 Å². The van der Waals surface area contributed by atoms with Gasteiger partial charge in [-0.2, -0.15) is 0 Å². The number of rotatable bonds is 4. The second-order valence-electron chi connectivity index (χ2n) is 5.87. The first kappa shape index (κ1) is 13.6. The molecule has 1 N–H and O–H groups in total. The lowest BCUT2D eigenvalue weighted by atomic mass is 9.93. The normalized spacial score (nSPS) is 24.0. The zero-order valence-electron chi connectivity index (χ0n) is 12.0. The molecule has 0 amide bonds. The van der Waals surface area contributed by atoms with Gasteiger partial charge in [0.2, 0.25) is 5.95 Å². The molecule has 1 aromatic heterocycles. The van der Waals surface area contributed by atoms with Gasteiger partial charge in [-0.1, -0.05) is 12.2 Å². The van der Waals surface area contributed by atoms with Crippen molar-refractivity contribution < 1.29 is 0 Å². The fourth-order valence-corrected chi connectivity index (χ4v) is 3.11. The van der Waals surface area contributed by atoms with Gasteiger partial charge >= 0.3 is 0 Å². The summed E-state index contributed by atoms with van der Waals surface area (Å²) in [6, 6.07) is 2.54. The molecule has 1 atom stereocenters. The highest BCUT2D eigenvalue weighted by molar-refractivity contribution is 5.29. The maximum atomic E-state index is 4.33. The molecule has 1 unspecified atom stereocenters. The predicted molar refractivity (Wildman–Crippen MR) is 81.8 cm³/mol. The minimum absolute atomic E-state index is 0.667. The average Bonchev–Trinajstić information content (AvgIpc) is 2.55. The van der Waals surface area contributed by atoms with Crippen LogP contribution in [0.4, 0.5) is 5.95 Å². The van der Waals surface area contributed by atoms with Crippen LogP contribution >= 0.6 is 0 Å². The summed E-state index contributed by atoms with van der Waals surface area (Å²) >= 11 is 0. The molecule has 1 aliphatic heterocycles. The van der Waals surface area contributed by atoms with E-state index >= 15 is 0 Å². The molecule has 2 heterocycles. The fraction of sp³-hybridized carbons (Fsp3) is 0.625. The summed E-state index contributed by atoms with van der Waals surface area (Å²) in [5.41, 5.74) is 0. The molecule has 0 bridgehead atoms. The van der Waals surface area contributed by atoms with Crippen molar-refractivity contribution in [2.45, 2.75) is 38.1 Å². The van der Waals surface area contributed by atoms with Gasteiger partial charge in [-0.25, -0.2) is 9.97 Å². The van der Waals surface area contributed by atoms with E-state index in [0.717, 1.165) is 25.0 Å². The third-order valence-corrected chi connectivity index (χ3v) is 4.40. The van der Waals surface area contributed by atoms with Crippen LogP contribution in [-0.2, 0) is 0 Å². The van der Waals surface area contributed by atoms with E-state index in [-0.39, 0.29) is 0 Å². The van der Waals surface area contributed by atoms with Crippen LogP contribution in [0.15, 0.2) is 30.6 Å². The molecule has 0 aromatic carbocycles. The van der Waals surface area contributed by atoms with Crippen LogP contribution in [0.1, 0.15) is 32.1 Å². The summed E-state index contributed by atoms with van der Waals surface area (Å²) in [4.78, 5) is 11.0. The summed E-state index contributed by atoms with van der Waals surface area (Å²) in [7, 11) is 0. The summed E-state index contributed by atoms with van der Waals surface area (Å²) in [5, 5.41) is 3.76. The molecule has 1 fully saturated rings. The third kappa shape index (κ3) is 3.57. The highest BCUT2D eigenvalue weighted by atomic mass is 15.3. The molecular weight excluding hydrogens is 248 g/mol. The molecular formula is C16H24N4. The van der Waals surface area contributed by atoms with Crippen molar-refractivity contribution in [1.82, 2.24) is 15.3 Å². The van der Waals surface area contributed by atoms with Crippen molar-refractivity contribution in [2.75, 3.05) is 24.5 Å². The minimum Gasteiger partial charge on any atom is -0.341 e. The van der Waals surface area contributed by atoms with Gasteiger partial charge in [0, 0.05) is 31.5 Å². The van der Waals surface area contributed by atoms with Crippen LogP contribution in [-0.4, -0.2) is 35.6 Å². The van der Waals surface area contributed by atoms with Gasteiger partial charge < -0.3 is 10.2 Å². The highest BCUT2D eigenvalue weighted by Gasteiger charge is 2.21. The van der Waals surface area contributed by atoms with Crippen LogP contribution in [0.25, 0.3) is 0 Å². The smallest absolute Gasteiger partial charge is 0.225 e. The fourth-order valence-electron chi connectivity index (χ4n) is 3.11. The number of allylic oxidation sites excluding steroid dienone is 2. The Morgan fingerprint density at radius 3 is 2.60 bits per heavy atom. The molecule has 108 valence electrons. The Morgan fingerprint density at radius 1 is 1.10 bits per heavy atom. The van der Waals surface area contributed by atoms with E-state index in [9.17, 15) is 0 Å². The second kappa shape index (κ2) is 6.84. The number of hydrogen-bond donors (Lipinski definition) is 1. The van der Waals surface area contributed by atoms with Crippen molar-refractivity contribution in [3.63, 3.8) is 0 Å². The largest absolute Gasteiger partial charge is 0.341 e. The van der Waals surface area contributed by atoms with Crippen LogP contribution < -0.4 is 10.2 Å². The molecule has 0 spiro atoms. The van der Waals surface area contributed by atoms with E-state index in [2.05, 4.69) is 32.3 Å². The molecule has 1 aromatic rings. The van der Waals surface area contributed by atoms with Gasteiger partial charge in [-0.3, -0.25) is 0 Å². The number of nitrogens with one attached hydrogen (secondary N) is 1. The molecule has 4 heteroatoms. The highest BCUT2D eigenvalue weighted by Crippen LogP contribution is 2.19. The zero-order chi connectivity index (χ0) is 13.6. The first-order chi connectivity index (χ1) is 9.92. The summed E-state index contributed by atoms with van der Waals surface area (Å²) in [6.07, 6.45) is 14.5. The number of hydrogen-bond acceptors (Lipinski definition) is 4. The van der Waals surface area contributed by atoms with Crippen molar-refractivity contribution in [2.24, 2.45) is 5.92 Å². The first-order valence-electron chi connectivity index (χ1n) is 7.82. The van der Waals surface area contributed by atoms with Gasteiger partial charge in [-0.05, 0) is 50.6 Å². The SMILES string of the molecule is C1=CCC(CNC2CCN(c3ncccn3)CC2)CC1. The zero-order valence-corrected chi connectivity index (χ0v) is 12.0. The first-order valence-corrected chi connectivity index (χ1v) is 7.82. The van der Waals surface area contributed by atoms with Crippen LogP contribution in [0.5, 0.6) is 0 Å². The molecule has 3 rings (SSSR count). The van der Waals surface area contributed by atoms with E-state index in [1.165, 1.54) is 38.6 Å². The van der Waals surface area contributed by atoms with E-state index in [4.69, 9.17) is 0 Å². The van der Waals surface area contributed by atoms with Crippen molar-refractivity contribution in [3.8, 4) is 0 Å². The quantitative estimate of drug-likeness (QED) is 0.855. The van der Waals surface area contributed by atoms with Crippen molar-refractivity contribution in [1.29, 1.82) is 0 Å². The third-order valence-electron chi connectivity index (χ3n) is 4.40. The van der Waals surface area contributed by atoms with Crippen molar-refractivity contribution >= 4 is 5.95 Å². The lowest BCUT2D eigenvalue weighted by Crippen LogP contribution is -2.44. The van der Waals surface area contributed by atoms with Gasteiger partial charge in [0.25, 0.3) is 0 Å². The molecule has 0 saturated carbocycles. The molecule has 0 radical (unpaired) electrons. The van der Waals surface area contributed by atoms with Crippen LogP contribution in [0, 0.1) is 5.92 Å². The Kier molecular flexibility index (Phi) is 4.64. The topological polar surface area (TPSA) is 41.0 Å². The Bertz CT molecular complexity index is 423. The summed E-state index contributed by atoms with van der Waals surface area (Å²) in [5.74, 6) is 1.72. The van der Waals surface area contributed by atoms with Gasteiger partial charge in [0.05, 0.1) is 0 Å². The van der Waals surface area contributed by atoms with Gasteiger partial charge in [0.15, 0.2) is 0 Å². The molecule has 1 saturated heterocycles. The second-order valence-corrected chi connectivity index (χ2v) is 5.87. The monoisotopic (exact) mass is 272 g/mol. The predicted octanol–water partition coefficient (Wildman–Crippen LogP) is 2.39. The molecule has 1 aliphatic carbocycles. The number of nitrogens with zero attached hydrogens (tertiary/aromatic N) is 3. The minimum atomic E-state index is 0.667. The Morgan fingerprint density at radius 2 is 1.90 bits per heavy atom. The van der Waals surface area contributed by atoms with E-state index in [1.54, 1.807) is 0 Å². The maximum Gasteiger partial charge on any atom is 0.225 e. The maximum absolute atomic E-state index is 4.33. The summed E-state index contributed by atoms with van der Waals surface area (Å²) < 4.78 is 0. The van der Waals surface area contributed by atoms with E-state index in [1.807, 2.05) is 18.5 Å². The summed E-state index contributed by atoms with van der Waals surface area (Å²) in [6.45, 7) is 3.30. The van der Waals surface area contributed by atoms with E-state index in [0.29, 0.717) is 6.04 Å². The number of anilines is 1. The Hall–Kier alpha value is -1.42. The Labute approximate surface area is 121 Å². The molecule has 4 nitrogen and oxygen atoms in total. The van der Waals surface area contributed by atoms with Crippen molar-refractivity contribution in [3.05, 3.63) is 30.6 Å². The van der Waals surface area contributed by atoms with Crippen LogP contribution in [0.3, 0.4) is 0 Å². The Balaban J connectivity index is 1.41. The number of aromatic nitrogens is 2.